The third kappa shape index (κ3) is 1.77. The largest absolute Gasteiger partial charge is 0.328 e. The molecule has 0 radical (unpaired) electrons. The molecule has 0 fully saturated rings. The summed E-state index contributed by atoms with van der Waals surface area (Å²) in [4.78, 5) is 0. The van der Waals surface area contributed by atoms with Crippen LogP contribution in [-0.2, 0) is 6.54 Å². The third-order valence-corrected chi connectivity index (χ3v) is 2.97. The van der Waals surface area contributed by atoms with Crippen LogP contribution in [0.25, 0.3) is 0 Å². The van der Waals surface area contributed by atoms with Crippen molar-refractivity contribution in [2.45, 2.75) is 44.7 Å². The molecule has 2 N–H and O–H groups in total. The molecule has 4 nitrogen and oxygen atoms in total. The summed E-state index contributed by atoms with van der Waals surface area (Å²) in [5.41, 5.74) is 5.80. The first-order valence-corrected chi connectivity index (χ1v) is 5.40. The van der Waals surface area contributed by atoms with Gasteiger partial charge in [0, 0.05) is 18.5 Å². The number of nitrogens with two attached hydrogens (primary N) is 1. The average Bonchev–Trinajstić information content (AvgIpc) is 2.49. The lowest BCUT2D eigenvalue weighted by molar-refractivity contribution is 0.406. The van der Waals surface area contributed by atoms with Crippen molar-refractivity contribution in [3.8, 4) is 0 Å². The van der Waals surface area contributed by atoms with Gasteiger partial charge in [0.1, 0.15) is 5.82 Å². The van der Waals surface area contributed by atoms with E-state index in [0.29, 0.717) is 11.2 Å². The minimum Gasteiger partial charge on any atom is -0.328 e. The number of aromatic nitrogens is 3. The Hall–Kier alpha value is -0.610. The van der Waals surface area contributed by atoms with Crippen LogP contribution in [0, 0.1) is 0 Å². The Kier molecular flexibility index (Phi) is 2.74. The minimum absolute atomic E-state index is 0.210. The second-order valence-corrected chi connectivity index (χ2v) is 4.37. The molecule has 1 aliphatic heterocycles. The molecule has 1 aliphatic rings. The van der Waals surface area contributed by atoms with Gasteiger partial charge in [-0.2, -0.15) is 0 Å². The van der Waals surface area contributed by atoms with Gasteiger partial charge in [-0.05, 0) is 37.8 Å². The van der Waals surface area contributed by atoms with Gasteiger partial charge in [0.05, 0.1) is 0 Å². The van der Waals surface area contributed by atoms with Gasteiger partial charge in [-0.3, -0.25) is 0 Å². The van der Waals surface area contributed by atoms with Crippen molar-refractivity contribution in [1.82, 2.24) is 14.8 Å². The van der Waals surface area contributed by atoms with Crippen molar-refractivity contribution in [2.75, 3.05) is 0 Å². The van der Waals surface area contributed by atoms with Crippen molar-refractivity contribution in [3.05, 3.63) is 11.1 Å². The van der Waals surface area contributed by atoms with Crippen LogP contribution in [0.2, 0.25) is 5.28 Å². The fraction of sp³-hybridized carbons (Fsp3) is 0.778. The lowest BCUT2D eigenvalue weighted by Gasteiger charge is -2.23. The van der Waals surface area contributed by atoms with Crippen LogP contribution < -0.4 is 5.73 Å². The molecule has 2 heterocycles. The smallest absolute Gasteiger partial charge is 0.225 e. The topological polar surface area (TPSA) is 56.7 Å². The molecule has 1 aromatic heterocycles. The van der Waals surface area contributed by atoms with E-state index in [2.05, 4.69) is 10.2 Å². The molecule has 78 valence electrons. The van der Waals surface area contributed by atoms with E-state index >= 15 is 0 Å². The van der Waals surface area contributed by atoms with Crippen LogP contribution in [0.1, 0.15) is 37.9 Å². The number of rotatable bonds is 2. The predicted octanol–water partition coefficient (Wildman–Crippen LogP) is 1.55. The Morgan fingerprint density at radius 3 is 3.14 bits per heavy atom. The van der Waals surface area contributed by atoms with E-state index in [1.54, 1.807) is 0 Å². The highest BCUT2D eigenvalue weighted by atomic mass is 35.5. The fourth-order valence-electron chi connectivity index (χ4n) is 2.10. The molecule has 0 amide bonds. The molecule has 0 aliphatic carbocycles. The first-order valence-electron chi connectivity index (χ1n) is 5.02. The van der Waals surface area contributed by atoms with Gasteiger partial charge in [0.2, 0.25) is 5.28 Å². The second-order valence-electron chi connectivity index (χ2n) is 4.03. The molecule has 0 saturated heterocycles. The Morgan fingerprint density at radius 2 is 2.43 bits per heavy atom. The zero-order valence-corrected chi connectivity index (χ0v) is 9.04. The zero-order chi connectivity index (χ0) is 10.1. The summed E-state index contributed by atoms with van der Waals surface area (Å²) >= 11 is 5.92. The van der Waals surface area contributed by atoms with Crippen LogP contribution in [0.15, 0.2) is 0 Å². The molecule has 1 aromatic rings. The molecule has 0 aromatic carbocycles. The van der Waals surface area contributed by atoms with E-state index in [0.717, 1.165) is 31.6 Å². The summed E-state index contributed by atoms with van der Waals surface area (Å²) in [6, 6.07) is 0.210. The molecule has 5 heteroatoms. The van der Waals surface area contributed by atoms with E-state index in [-0.39, 0.29) is 6.04 Å². The highest BCUT2D eigenvalue weighted by molar-refractivity contribution is 6.28. The molecule has 14 heavy (non-hydrogen) atoms. The van der Waals surface area contributed by atoms with Gasteiger partial charge < -0.3 is 10.3 Å². The first-order chi connectivity index (χ1) is 6.68. The van der Waals surface area contributed by atoms with Crippen LogP contribution in [0.3, 0.4) is 0 Å². The van der Waals surface area contributed by atoms with Gasteiger partial charge in [-0.1, -0.05) is 0 Å². The molecule has 2 atom stereocenters. The second kappa shape index (κ2) is 3.87. The number of halogens is 1. The monoisotopic (exact) mass is 214 g/mol. The van der Waals surface area contributed by atoms with Crippen LogP contribution in [0.4, 0.5) is 0 Å². The van der Waals surface area contributed by atoms with Gasteiger partial charge in [0.15, 0.2) is 0 Å². The Balaban J connectivity index is 2.22. The summed E-state index contributed by atoms with van der Waals surface area (Å²) in [6.45, 7) is 2.97. The maximum atomic E-state index is 5.92. The highest BCUT2D eigenvalue weighted by Crippen LogP contribution is 2.30. The van der Waals surface area contributed by atoms with E-state index in [4.69, 9.17) is 17.3 Å². The van der Waals surface area contributed by atoms with Crippen LogP contribution in [-0.4, -0.2) is 20.8 Å². The predicted molar refractivity (Wildman–Crippen MR) is 55.3 cm³/mol. The molecular formula is C9H15ClN4. The standard InChI is InChI=1S/C9H15ClN4/c1-6(11)5-7-3-2-4-14-8(7)12-13-9(14)10/h6-7H,2-5,11H2,1H3. The maximum Gasteiger partial charge on any atom is 0.225 e. The van der Waals surface area contributed by atoms with Crippen molar-refractivity contribution in [1.29, 1.82) is 0 Å². The molecular weight excluding hydrogens is 200 g/mol. The Bertz CT molecular complexity index is 321. The summed E-state index contributed by atoms with van der Waals surface area (Å²) in [5, 5.41) is 8.52. The van der Waals surface area contributed by atoms with Gasteiger partial charge >= 0.3 is 0 Å². The number of hydrogen-bond acceptors (Lipinski definition) is 3. The van der Waals surface area contributed by atoms with E-state index in [1.807, 2.05) is 11.5 Å². The summed E-state index contributed by atoms with van der Waals surface area (Å²) in [5.74, 6) is 1.45. The number of hydrogen-bond donors (Lipinski definition) is 1. The fourth-order valence-corrected chi connectivity index (χ4v) is 2.31. The van der Waals surface area contributed by atoms with E-state index in [9.17, 15) is 0 Å². The minimum atomic E-state index is 0.210. The van der Waals surface area contributed by atoms with Crippen molar-refractivity contribution in [3.63, 3.8) is 0 Å². The summed E-state index contributed by atoms with van der Waals surface area (Å²) in [7, 11) is 0. The summed E-state index contributed by atoms with van der Waals surface area (Å²) < 4.78 is 2.00. The Morgan fingerprint density at radius 1 is 1.64 bits per heavy atom. The highest BCUT2D eigenvalue weighted by Gasteiger charge is 2.25. The lowest BCUT2D eigenvalue weighted by Crippen LogP contribution is -2.23. The zero-order valence-electron chi connectivity index (χ0n) is 8.28. The first kappa shape index (κ1) is 9.93. The summed E-state index contributed by atoms with van der Waals surface area (Å²) in [6.07, 6.45) is 3.26. The number of fused-ring (bicyclic) bond motifs is 1. The quantitative estimate of drug-likeness (QED) is 0.813. The van der Waals surface area contributed by atoms with E-state index < -0.39 is 0 Å². The van der Waals surface area contributed by atoms with Gasteiger partial charge in [-0.15, -0.1) is 10.2 Å². The molecule has 0 saturated carbocycles. The van der Waals surface area contributed by atoms with Gasteiger partial charge in [0.25, 0.3) is 0 Å². The van der Waals surface area contributed by atoms with Crippen LogP contribution in [0.5, 0.6) is 0 Å². The van der Waals surface area contributed by atoms with Crippen molar-refractivity contribution >= 4 is 11.6 Å². The third-order valence-electron chi connectivity index (χ3n) is 2.69. The average molecular weight is 215 g/mol. The molecule has 0 bridgehead atoms. The SMILES string of the molecule is CC(N)CC1CCCn2c(Cl)nnc21. The van der Waals surface area contributed by atoms with Gasteiger partial charge in [-0.25, -0.2) is 0 Å². The molecule has 2 rings (SSSR count). The normalized spacial score (nSPS) is 23.2. The lowest BCUT2D eigenvalue weighted by atomic mass is 9.93. The van der Waals surface area contributed by atoms with Crippen molar-refractivity contribution < 1.29 is 0 Å². The maximum absolute atomic E-state index is 5.92. The molecule has 0 spiro atoms. The molecule has 2 unspecified atom stereocenters. The number of nitrogens with zero attached hydrogens (tertiary/aromatic N) is 3. The van der Waals surface area contributed by atoms with E-state index in [1.165, 1.54) is 0 Å². The Labute approximate surface area is 88.5 Å². The van der Waals surface area contributed by atoms with Crippen molar-refractivity contribution in [2.24, 2.45) is 5.73 Å². The van der Waals surface area contributed by atoms with Crippen LogP contribution >= 0.6 is 11.6 Å².